The van der Waals surface area contributed by atoms with Crippen LogP contribution in [0.4, 0.5) is 4.79 Å². The molecule has 0 spiro atoms. The topological polar surface area (TPSA) is 105 Å². The third-order valence-electron chi connectivity index (χ3n) is 2.41. The van der Waals surface area contributed by atoms with E-state index >= 15 is 0 Å². The number of aliphatic carboxylic acids is 1. The second-order valence-corrected chi connectivity index (χ2v) is 3.61. The Hall–Kier alpha value is -2.38. The lowest BCUT2D eigenvalue weighted by Crippen LogP contribution is -2.39. The fraction of sp³-hybridized carbons (Fsp3) is 0.333. The first-order valence-corrected chi connectivity index (χ1v) is 4.82. The second kappa shape index (κ2) is 3.89. The molecule has 0 radical (unpaired) electrons. The van der Waals surface area contributed by atoms with Crippen LogP contribution in [0.2, 0.25) is 0 Å². The fourth-order valence-electron chi connectivity index (χ4n) is 1.68. The van der Waals surface area contributed by atoms with Crippen LogP contribution in [0.15, 0.2) is 12.4 Å². The number of urea groups is 1. The lowest BCUT2D eigenvalue weighted by Gasteiger charge is -2.19. The van der Waals surface area contributed by atoms with Gasteiger partial charge in [-0.05, 0) is 0 Å². The predicted octanol–water partition coefficient (Wildman–Crippen LogP) is -0.902. The molecule has 0 aromatic carbocycles. The van der Waals surface area contributed by atoms with Crippen LogP contribution < -0.4 is 5.32 Å². The van der Waals surface area contributed by atoms with Gasteiger partial charge in [0.1, 0.15) is 0 Å². The van der Waals surface area contributed by atoms with Gasteiger partial charge in [0.15, 0.2) is 6.04 Å². The monoisotopic (exact) mass is 238 g/mol. The number of nitrogens with one attached hydrogen (secondary N) is 1. The van der Waals surface area contributed by atoms with Crippen molar-refractivity contribution in [2.75, 3.05) is 6.54 Å². The molecule has 1 atom stereocenters. The lowest BCUT2D eigenvalue weighted by molar-refractivity contribution is -0.146. The van der Waals surface area contributed by atoms with E-state index in [2.05, 4.69) is 10.4 Å². The van der Waals surface area contributed by atoms with Gasteiger partial charge in [-0.3, -0.25) is 9.48 Å². The van der Waals surface area contributed by atoms with Crippen molar-refractivity contribution in [1.29, 1.82) is 0 Å². The van der Waals surface area contributed by atoms with Crippen LogP contribution >= 0.6 is 0 Å². The molecule has 1 aromatic rings. The molecule has 2 heterocycles. The van der Waals surface area contributed by atoms with Crippen molar-refractivity contribution in [3.8, 4) is 0 Å². The molecule has 2 rings (SSSR count). The Morgan fingerprint density at radius 3 is 2.71 bits per heavy atom. The smallest absolute Gasteiger partial charge is 0.331 e. The van der Waals surface area contributed by atoms with Gasteiger partial charge in [-0.1, -0.05) is 0 Å². The van der Waals surface area contributed by atoms with E-state index in [-0.39, 0.29) is 12.1 Å². The summed E-state index contributed by atoms with van der Waals surface area (Å²) in [5.41, 5.74) is 0.283. The molecule has 1 aromatic heterocycles. The number of imide groups is 1. The quantitative estimate of drug-likeness (QED) is 0.664. The Kier molecular flexibility index (Phi) is 2.54. The fourth-order valence-corrected chi connectivity index (χ4v) is 1.68. The van der Waals surface area contributed by atoms with Crippen molar-refractivity contribution in [1.82, 2.24) is 20.0 Å². The number of rotatable bonds is 3. The summed E-state index contributed by atoms with van der Waals surface area (Å²) in [4.78, 5) is 34.7. The van der Waals surface area contributed by atoms with Gasteiger partial charge in [0.05, 0.1) is 12.7 Å². The summed E-state index contributed by atoms with van der Waals surface area (Å²) in [6.07, 6.45) is 2.77. The van der Waals surface area contributed by atoms with Gasteiger partial charge < -0.3 is 10.4 Å². The Labute approximate surface area is 95.8 Å². The molecular formula is C9H10N4O4. The maximum Gasteiger partial charge on any atom is 0.331 e. The zero-order chi connectivity index (χ0) is 12.6. The van der Waals surface area contributed by atoms with Crippen molar-refractivity contribution >= 4 is 17.9 Å². The largest absolute Gasteiger partial charge is 0.479 e. The summed E-state index contributed by atoms with van der Waals surface area (Å²) in [5.74, 6) is -1.84. The SMILES string of the molecule is Cn1cc(C(C(=O)O)N2C(=O)CNC2=O)cn1. The number of aryl methyl sites for hydroxylation is 1. The van der Waals surface area contributed by atoms with Crippen LogP contribution in [0.3, 0.4) is 0 Å². The van der Waals surface area contributed by atoms with E-state index in [1.807, 2.05) is 0 Å². The van der Waals surface area contributed by atoms with Crippen LogP contribution in [0, 0.1) is 0 Å². The summed E-state index contributed by atoms with van der Waals surface area (Å²) in [7, 11) is 1.62. The molecule has 8 heteroatoms. The molecule has 1 unspecified atom stereocenters. The second-order valence-electron chi connectivity index (χ2n) is 3.61. The van der Waals surface area contributed by atoms with E-state index in [9.17, 15) is 14.4 Å². The molecule has 0 aliphatic carbocycles. The standard InChI is InChI=1S/C9H10N4O4/c1-12-4-5(2-11-12)7(8(15)16)13-6(14)3-10-9(13)17/h2,4,7H,3H2,1H3,(H,10,17)(H,15,16). The van der Waals surface area contributed by atoms with E-state index in [0.717, 1.165) is 0 Å². The zero-order valence-corrected chi connectivity index (χ0v) is 8.95. The third-order valence-corrected chi connectivity index (χ3v) is 2.41. The number of carbonyl (C=O) groups excluding carboxylic acids is 2. The lowest BCUT2D eigenvalue weighted by atomic mass is 10.1. The molecule has 1 aliphatic rings. The molecule has 0 saturated carbocycles. The van der Waals surface area contributed by atoms with Crippen molar-refractivity contribution in [3.05, 3.63) is 18.0 Å². The van der Waals surface area contributed by atoms with Gasteiger partial charge in [0.2, 0.25) is 0 Å². The van der Waals surface area contributed by atoms with Crippen molar-refractivity contribution in [2.24, 2.45) is 7.05 Å². The summed E-state index contributed by atoms with van der Waals surface area (Å²) >= 11 is 0. The Bertz CT molecular complexity index is 479. The number of carboxylic acid groups (broad SMARTS) is 1. The Morgan fingerprint density at radius 2 is 2.29 bits per heavy atom. The number of hydrogen-bond acceptors (Lipinski definition) is 4. The number of hydrogen-bond donors (Lipinski definition) is 2. The number of carboxylic acids is 1. The normalized spacial score (nSPS) is 17.1. The maximum absolute atomic E-state index is 11.5. The van der Waals surface area contributed by atoms with Crippen molar-refractivity contribution in [3.63, 3.8) is 0 Å². The highest BCUT2D eigenvalue weighted by Crippen LogP contribution is 2.22. The first-order chi connectivity index (χ1) is 8.00. The Morgan fingerprint density at radius 1 is 1.59 bits per heavy atom. The summed E-state index contributed by atoms with van der Waals surface area (Å²) in [5, 5.41) is 15.2. The minimum Gasteiger partial charge on any atom is -0.479 e. The van der Waals surface area contributed by atoms with Gasteiger partial charge in [-0.25, -0.2) is 14.5 Å². The average molecular weight is 238 g/mol. The maximum atomic E-state index is 11.5. The molecule has 2 N–H and O–H groups in total. The van der Waals surface area contributed by atoms with Gasteiger partial charge in [0, 0.05) is 18.8 Å². The highest BCUT2D eigenvalue weighted by molar-refractivity contribution is 6.05. The van der Waals surface area contributed by atoms with Gasteiger partial charge in [0.25, 0.3) is 5.91 Å². The molecule has 17 heavy (non-hydrogen) atoms. The summed E-state index contributed by atoms with van der Waals surface area (Å²) in [6.45, 7) is -0.178. The van der Waals surface area contributed by atoms with Gasteiger partial charge in [-0.2, -0.15) is 5.10 Å². The molecule has 3 amide bonds. The Balaban J connectivity index is 2.39. The number of aromatic nitrogens is 2. The first-order valence-electron chi connectivity index (χ1n) is 4.82. The third kappa shape index (κ3) is 1.84. The minimum absolute atomic E-state index is 0.178. The van der Waals surface area contributed by atoms with Crippen molar-refractivity contribution < 1.29 is 19.5 Å². The van der Waals surface area contributed by atoms with Crippen LogP contribution in [-0.2, 0) is 16.6 Å². The average Bonchev–Trinajstić information content (AvgIpc) is 2.79. The summed E-state index contributed by atoms with van der Waals surface area (Å²) < 4.78 is 1.41. The van der Waals surface area contributed by atoms with E-state index in [0.29, 0.717) is 4.90 Å². The predicted molar refractivity (Wildman–Crippen MR) is 53.8 cm³/mol. The molecule has 0 bridgehead atoms. The number of amides is 3. The van der Waals surface area contributed by atoms with Crippen LogP contribution in [-0.4, -0.2) is 44.2 Å². The molecular weight excluding hydrogens is 228 g/mol. The van der Waals surface area contributed by atoms with Crippen LogP contribution in [0.5, 0.6) is 0 Å². The van der Waals surface area contributed by atoms with E-state index in [1.54, 1.807) is 7.05 Å². The number of nitrogens with zero attached hydrogens (tertiary/aromatic N) is 3. The highest BCUT2D eigenvalue weighted by Gasteiger charge is 2.40. The minimum atomic E-state index is -1.33. The first kappa shape index (κ1) is 11.1. The molecule has 1 fully saturated rings. The molecule has 8 nitrogen and oxygen atoms in total. The molecule has 1 saturated heterocycles. The van der Waals surface area contributed by atoms with E-state index in [4.69, 9.17) is 5.11 Å². The number of carbonyl (C=O) groups is 3. The summed E-state index contributed by atoms with van der Waals surface area (Å²) in [6, 6.07) is -2.04. The molecule has 1 aliphatic heterocycles. The molecule has 90 valence electrons. The van der Waals surface area contributed by atoms with Gasteiger partial charge >= 0.3 is 12.0 Å². The van der Waals surface area contributed by atoms with Crippen LogP contribution in [0.1, 0.15) is 11.6 Å². The van der Waals surface area contributed by atoms with E-state index in [1.165, 1.54) is 17.1 Å². The van der Waals surface area contributed by atoms with Crippen molar-refractivity contribution in [2.45, 2.75) is 6.04 Å². The highest BCUT2D eigenvalue weighted by atomic mass is 16.4. The van der Waals surface area contributed by atoms with Gasteiger partial charge in [-0.15, -0.1) is 0 Å². The zero-order valence-electron chi connectivity index (χ0n) is 8.95. The van der Waals surface area contributed by atoms with Crippen LogP contribution in [0.25, 0.3) is 0 Å². The van der Waals surface area contributed by atoms with E-state index < -0.39 is 23.9 Å².